The summed E-state index contributed by atoms with van der Waals surface area (Å²) in [6, 6.07) is 7.55. The fourth-order valence-electron chi connectivity index (χ4n) is 2.05. The van der Waals surface area contributed by atoms with Crippen LogP contribution in [0.15, 0.2) is 29.6 Å². The van der Waals surface area contributed by atoms with Crippen LogP contribution in [0.25, 0.3) is 10.6 Å². The molecule has 134 valence electrons. The van der Waals surface area contributed by atoms with Gasteiger partial charge >= 0.3 is 5.97 Å². The van der Waals surface area contributed by atoms with Gasteiger partial charge in [0.05, 0.1) is 19.2 Å². The Morgan fingerprint density at radius 1 is 1.20 bits per heavy atom. The highest BCUT2D eigenvalue weighted by Crippen LogP contribution is 2.25. The summed E-state index contributed by atoms with van der Waals surface area (Å²) in [6.07, 6.45) is 0.0372. The van der Waals surface area contributed by atoms with Crippen LogP contribution in [0, 0.1) is 0 Å². The predicted octanol–water partition coefficient (Wildman–Crippen LogP) is 2.82. The van der Waals surface area contributed by atoms with Crippen LogP contribution in [-0.2, 0) is 20.7 Å². The molecule has 6 nitrogen and oxygen atoms in total. The van der Waals surface area contributed by atoms with Crippen LogP contribution >= 0.6 is 11.3 Å². The number of carbonyl (C=O) groups excluding carboxylic acids is 2. The first-order valence-corrected chi connectivity index (χ1v) is 8.70. The number of nitrogens with one attached hydrogen (secondary N) is 1. The summed E-state index contributed by atoms with van der Waals surface area (Å²) in [6.45, 7) is 5.31. The van der Waals surface area contributed by atoms with Gasteiger partial charge in [0.2, 0.25) is 0 Å². The normalized spacial score (nSPS) is 11.0. The van der Waals surface area contributed by atoms with Crippen LogP contribution in [0.2, 0.25) is 0 Å². The number of carbonyl (C=O) groups is 2. The van der Waals surface area contributed by atoms with Crippen molar-refractivity contribution in [1.82, 2.24) is 10.3 Å². The fraction of sp³-hybridized carbons (Fsp3) is 0.389. The van der Waals surface area contributed by atoms with Crippen molar-refractivity contribution in [2.75, 3.05) is 13.7 Å². The fourth-order valence-corrected chi connectivity index (χ4v) is 2.88. The Morgan fingerprint density at radius 3 is 2.48 bits per heavy atom. The summed E-state index contributed by atoms with van der Waals surface area (Å²) >= 11 is 1.45. The van der Waals surface area contributed by atoms with E-state index < -0.39 is 5.97 Å². The Kier molecular flexibility index (Phi) is 6.14. The maximum absolute atomic E-state index is 11.9. The number of methoxy groups -OCH3 is 1. The van der Waals surface area contributed by atoms with E-state index >= 15 is 0 Å². The van der Waals surface area contributed by atoms with Crippen molar-refractivity contribution in [3.05, 3.63) is 35.3 Å². The van der Waals surface area contributed by atoms with E-state index in [9.17, 15) is 9.59 Å². The zero-order chi connectivity index (χ0) is 18.4. The molecular formula is C18H22N2O4S. The van der Waals surface area contributed by atoms with E-state index in [1.165, 1.54) is 11.3 Å². The Morgan fingerprint density at radius 2 is 1.88 bits per heavy atom. The number of benzene rings is 1. The van der Waals surface area contributed by atoms with E-state index in [1.807, 2.05) is 50.4 Å². The smallest absolute Gasteiger partial charge is 0.312 e. The van der Waals surface area contributed by atoms with Crippen LogP contribution in [0.4, 0.5) is 0 Å². The summed E-state index contributed by atoms with van der Waals surface area (Å²) in [5, 5.41) is 5.36. The second-order valence-corrected chi connectivity index (χ2v) is 7.37. The van der Waals surface area contributed by atoms with Crippen molar-refractivity contribution in [2.24, 2.45) is 0 Å². The number of thiazole rings is 1. The molecule has 1 amide bonds. The SMILES string of the molecule is COc1ccc(-c2nc(CC(=O)OCC(=O)NC(C)(C)C)cs2)cc1. The van der Waals surface area contributed by atoms with Gasteiger partial charge in [0.25, 0.3) is 5.91 Å². The topological polar surface area (TPSA) is 77.5 Å². The molecule has 0 spiro atoms. The van der Waals surface area contributed by atoms with Crippen molar-refractivity contribution in [3.63, 3.8) is 0 Å². The molecule has 0 fully saturated rings. The number of esters is 1. The molecule has 1 aromatic heterocycles. The molecule has 0 saturated heterocycles. The molecule has 0 radical (unpaired) electrons. The summed E-state index contributed by atoms with van der Waals surface area (Å²) in [4.78, 5) is 27.9. The van der Waals surface area contributed by atoms with Gasteiger partial charge in [-0.2, -0.15) is 0 Å². The van der Waals surface area contributed by atoms with E-state index in [1.54, 1.807) is 7.11 Å². The number of aromatic nitrogens is 1. The van der Waals surface area contributed by atoms with Gasteiger partial charge in [0, 0.05) is 16.5 Å². The summed E-state index contributed by atoms with van der Waals surface area (Å²) in [5.74, 6) is -0.0219. The average Bonchev–Trinajstić information content (AvgIpc) is 3.00. The quantitative estimate of drug-likeness (QED) is 0.800. The monoisotopic (exact) mass is 362 g/mol. The molecule has 1 aromatic carbocycles. The number of nitrogens with zero attached hydrogens (tertiary/aromatic N) is 1. The molecule has 2 rings (SSSR count). The number of hydrogen-bond donors (Lipinski definition) is 1. The number of amides is 1. The summed E-state index contributed by atoms with van der Waals surface area (Å²) < 4.78 is 10.1. The van der Waals surface area contributed by atoms with Crippen molar-refractivity contribution in [1.29, 1.82) is 0 Å². The van der Waals surface area contributed by atoms with E-state index in [2.05, 4.69) is 10.3 Å². The zero-order valence-electron chi connectivity index (χ0n) is 14.8. The van der Waals surface area contributed by atoms with Crippen molar-refractivity contribution >= 4 is 23.2 Å². The minimum Gasteiger partial charge on any atom is -0.497 e. The summed E-state index contributed by atoms with van der Waals surface area (Å²) in [7, 11) is 1.61. The third-order valence-corrected chi connectivity index (χ3v) is 4.03. The second-order valence-electron chi connectivity index (χ2n) is 6.51. The third kappa shape index (κ3) is 6.19. The minimum absolute atomic E-state index is 0.0372. The van der Waals surface area contributed by atoms with Gasteiger partial charge in [-0.15, -0.1) is 11.3 Å². The first kappa shape index (κ1) is 18.9. The maximum atomic E-state index is 11.9. The number of ether oxygens (including phenoxy) is 2. The molecule has 0 unspecified atom stereocenters. The maximum Gasteiger partial charge on any atom is 0.312 e. The number of rotatable bonds is 6. The highest BCUT2D eigenvalue weighted by atomic mass is 32.1. The van der Waals surface area contributed by atoms with E-state index in [0.717, 1.165) is 16.3 Å². The van der Waals surface area contributed by atoms with E-state index in [4.69, 9.17) is 9.47 Å². The molecular weight excluding hydrogens is 340 g/mol. The average molecular weight is 362 g/mol. The highest BCUT2D eigenvalue weighted by Gasteiger charge is 2.16. The van der Waals surface area contributed by atoms with Gasteiger partial charge in [0.1, 0.15) is 10.8 Å². The van der Waals surface area contributed by atoms with Crippen LogP contribution in [0.3, 0.4) is 0 Å². The standard InChI is InChI=1S/C18H22N2O4S/c1-18(2,3)20-15(21)10-24-16(22)9-13-11-25-17(19-13)12-5-7-14(23-4)8-6-12/h5-8,11H,9-10H2,1-4H3,(H,20,21). The first-order chi connectivity index (χ1) is 11.8. The Labute approximate surface area is 151 Å². The molecule has 1 N–H and O–H groups in total. The molecule has 0 aliphatic heterocycles. The van der Waals surface area contributed by atoms with Crippen LogP contribution in [0.1, 0.15) is 26.5 Å². The van der Waals surface area contributed by atoms with Gasteiger partial charge in [-0.25, -0.2) is 4.98 Å². The van der Waals surface area contributed by atoms with Crippen LogP contribution in [0.5, 0.6) is 5.75 Å². The van der Waals surface area contributed by atoms with Gasteiger partial charge in [-0.1, -0.05) is 0 Å². The van der Waals surface area contributed by atoms with Crippen molar-refractivity contribution in [3.8, 4) is 16.3 Å². The Hall–Kier alpha value is -2.41. The number of hydrogen-bond acceptors (Lipinski definition) is 6. The largest absolute Gasteiger partial charge is 0.497 e. The van der Waals surface area contributed by atoms with Gasteiger partial charge < -0.3 is 14.8 Å². The highest BCUT2D eigenvalue weighted by molar-refractivity contribution is 7.13. The third-order valence-electron chi connectivity index (χ3n) is 3.09. The Bertz CT molecular complexity index is 732. The lowest BCUT2D eigenvalue weighted by atomic mass is 10.1. The second kappa shape index (κ2) is 8.11. The molecule has 0 saturated carbocycles. The van der Waals surface area contributed by atoms with Gasteiger partial charge in [-0.3, -0.25) is 9.59 Å². The molecule has 0 atom stereocenters. The molecule has 25 heavy (non-hydrogen) atoms. The van der Waals surface area contributed by atoms with E-state index in [-0.39, 0.29) is 24.5 Å². The lowest BCUT2D eigenvalue weighted by molar-refractivity contribution is -0.148. The van der Waals surface area contributed by atoms with Crippen molar-refractivity contribution in [2.45, 2.75) is 32.7 Å². The molecule has 0 bridgehead atoms. The predicted molar refractivity (Wildman–Crippen MR) is 96.7 cm³/mol. The lowest BCUT2D eigenvalue weighted by Gasteiger charge is -2.20. The van der Waals surface area contributed by atoms with Crippen LogP contribution in [-0.4, -0.2) is 36.1 Å². The van der Waals surface area contributed by atoms with Crippen molar-refractivity contribution < 1.29 is 19.1 Å². The molecule has 1 heterocycles. The summed E-state index contributed by atoms with van der Waals surface area (Å²) in [5.41, 5.74) is 1.22. The van der Waals surface area contributed by atoms with Gasteiger partial charge in [-0.05, 0) is 45.0 Å². The molecule has 0 aliphatic carbocycles. The van der Waals surface area contributed by atoms with Crippen LogP contribution < -0.4 is 10.1 Å². The lowest BCUT2D eigenvalue weighted by Crippen LogP contribution is -2.42. The van der Waals surface area contributed by atoms with Gasteiger partial charge in [0.15, 0.2) is 6.61 Å². The molecule has 7 heteroatoms. The molecule has 2 aromatic rings. The molecule has 0 aliphatic rings. The first-order valence-electron chi connectivity index (χ1n) is 7.82. The van der Waals surface area contributed by atoms with E-state index in [0.29, 0.717) is 5.69 Å². The Balaban J connectivity index is 1.87. The minimum atomic E-state index is -0.476. The zero-order valence-corrected chi connectivity index (χ0v) is 15.6.